The van der Waals surface area contributed by atoms with E-state index in [2.05, 4.69) is 89.3 Å². The summed E-state index contributed by atoms with van der Waals surface area (Å²) in [6.45, 7) is 6.51. The van der Waals surface area contributed by atoms with Crippen LogP contribution in [0.5, 0.6) is 0 Å². The Kier molecular flexibility index (Phi) is 6.73. The molecule has 1 unspecified atom stereocenters. The van der Waals surface area contributed by atoms with Crippen molar-refractivity contribution in [3.8, 4) is 6.07 Å². The van der Waals surface area contributed by atoms with Gasteiger partial charge in [0.2, 0.25) is 0 Å². The molecule has 3 rings (SSSR count). The summed E-state index contributed by atoms with van der Waals surface area (Å²) in [5.74, 6) is 0.503. The first-order chi connectivity index (χ1) is 13.1. The van der Waals surface area contributed by atoms with Crippen LogP contribution in [-0.4, -0.2) is 17.5 Å². The van der Waals surface area contributed by atoms with Crippen LogP contribution in [0.2, 0.25) is 0 Å². The van der Waals surface area contributed by atoms with Crippen LogP contribution in [0.3, 0.4) is 0 Å². The monoisotopic (exact) mass is 424 g/mol. The first-order valence-corrected chi connectivity index (χ1v) is 10.8. The number of halogens is 1. The largest absolute Gasteiger partial charge is 0.297 e. The summed E-state index contributed by atoms with van der Waals surface area (Å²) < 4.78 is 1.07. The second-order valence-electron chi connectivity index (χ2n) is 7.99. The van der Waals surface area contributed by atoms with Gasteiger partial charge in [0.15, 0.2) is 0 Å². The van der Waals surface area contributed by atoms with Crippen molar-refractivity contribution in [2.45, 2.75) is 57.5 Å². The molecule has 2 nitrogen and oxygen atoms in total. The highest BCUT2D eigenvalue weighted by Crippen LogP contribution is 2.51. The average Bonchev–Trinajstić information content (AvgIpc) is 3.52. The van der Waals surface area contributed by atoms with E-state index < -0.39 is 0 Å². The molecule has 27 heavy (non-hydrogen) atoms. The molecule has 0 aliphatic heterocycles. The van der Waals surface area contributed by atoms with Crippen LogP contribution in [0.1, 0.15) is 50.7 Å². The molecular weight excluding hydrogens is 396 g/mol. The van der Waals surface area contributed by atoms with E-state index in [0.717, 1.165) is 30.4 Å². The molecule has 1 aliphatic carbocycles. The second kappa shape index (κ2) is 9.04. The number of rotatable bonds is 9. The first kappa shape index (κ1) is 20.1. The van der Waals surface area contributed by atoms with Crippen molar-refractivity contribution in [2.75, 3.05) is 6.54 Å². The summed E-state index contributed by atoms with van der Waals surface area (Å²) in [6.07, 6.45) is 4.31. The van der Waals surface area contributed by atoms with Gasteiger partial charge in [-0.2, -0.15) is 5.26 Å². The van der Waals surface area contributed by atoms with E-state index in [4.69, 9.17) is 0 Å². The van der Waals surface area contributed by atoms with E-state index in [-0.39, 0.29) is 5.41 Å². The number of hydrogen-bond donors (Lipinski definition) is 0. The molecule has 142 valence electrons. The third-order valence-corrected chi connectivity index (χ3v) is 6.49. The summed E-state index contributed by atoms with van der Waals surface area (Å²) in [4.78, 5) is 2.52. The van der Waals surface area contributed by atoms with Gasteiger partial charge in [-0.3, -0.25) is 4.90 Å². The summed E-state index contributed by atoms with van der Waals surface area (Å²) in [7, 11) is 0. The molecule has 2 aromatic rings. The zero-order valence-corrected chi connectivity index (χ0v) is 18.0. The topological polar surface area (TPSA) is 27.0 Å². The minimum Gasteiger partial charge on any atom is -0.297 e. The van der Waals surface area contributed by atoms with Gasteiger partial charge in [0.05, 0.1) is 11.5 Å². The summed E-state index contributed by atoms with van der Waals surface area (Å²) in [5, 5.41) is 10.2. The lowest BCUT2D eigenvalue weighted by atomic mass is 9.73. The number of nitriles is 1. The number of hydrogen-bond acceptors (Lipinski definition) is 2. The van der Waals surface area contributed by atoms with Gasteiger partial charge in [0, 0.05) is 17.1 Å². The standard InChI is InChI=1S/C24H29BrN2/c1-19(2)27(17-20-9-4-3-5-10-20)16-8-15-24(18-26,21-13-14-21)22-11-6-7-12-23(22)25/h3-7,9-12,19,21H,8,13-17H2,1-2H3. The Morgan fingerprint density at radius 2 is 1.78 bits per heavy atom. The first-order valence-electron chi connectivity index (χ1n) is 10.0. The van der Waals surface area contributed by atoms with E-state index in [9.17, 15) is 5.26 Å². The van der Waals surface area contributed by atoms with Gasteiger partial charge < -0.3 is 0 Å². The lowest BCUT2D eigenvalue weighted by molar-refractivity contribution is 0.202. The van der Waals surface area contributed by atoms with Crippen LogP contribution in [0, 0.1) is 17.2 Å². The summed E-state index contributed by atoms with van der Waals surface area (Å²) >= 11 is 3.70. The van der Waals surface area contributed by atoms with E-state index in [1.807, 2.05) is 6.07 Å². The number of benzene rings is 2. The molecule has 1 aliphatic rings. The Morgan fingerprint density at radius 1 is 1.11 bits per heavy atom. The van der Waals surface area contributed by atoms with Gasteiger partial charge in [-0.1, -0.05) is 64.5 Å². The molecule has 3 heteroatoms. The highest BCUT2D eigenvalue weighted by molar-refractivity contribution is 9.10. The maximum Gasteiger partial charge on any atom is 0.0861 e. The van der Waals surface area contributed by atoms with Crippen molar-refractivity contribution in [3.05, 3.63) is 70.2 Å². The Labute approximate surface area is 172 Å². The normalized spacial score (nSPS) is 16.3. The lowest BCUT2D eigenvalue weighted by Gasteiger charge is -2.31. The van der Waals surface area contributed by atoms with E-state index in [1.54, 1.807) is 0 Å². The zero-order valence-electron chi connectivity index (χ0n) is 16.4. The molecule has 0 N–H and O–H groups in total. The maximum atomic E-state index is 10.2. The Hall–Kier alpha value is -1.63. The highest BCUT2D eigenvalue weighted by Gasteiger charge is 2.47. The van der Waals surface area contributed by atoms with Gasteiger partial charge in [-0.15, -0.1) is 0 Å². The fraction of sp³-hybridized carbons (Fsp3) is 0.458. The van der Waals surface area contributed by atoms with E-state index >= 15 is 0 Å². The van der Waals surface area contributed by atoms with Crippen molar-refractivity contribution in [3.63, 3.8) is 0 Å². The van der Waals surface area contributed by atoms with Crippen LogP contribution >= 0.6 is 15.9 Å². The van der Waals surface area contributed by atoms with Crippen molar-refractivity contribution >= 4 is 15.9 Å². The Bertz CT molecular complexity index is 776. The van der Waals surface area contributed by atoms with Gasteiger partial charge in [-0.05, 0) is 69.2 Å². The Balaban J connectivity index is 1.70. The Morgan fingerprint density at radius 3 is 2.37 bits per heavy atom. The summed E-state index contributed by atoms with van der Waals surface area (Å²) in [6, 6.07) is 22.2. The van der Waals surface area contributed by atoms with Crippen LogP contribution < -0.4 is 0 Å². The molecule has 0 radical (unpaired) electrons. The predicted octanol–water partition coefficient (Wildman–Crippen LogP) is 6.31. The quantitative estimate of drug-likeness (QED) is 0.471. The minimum absolute atomic E-state index is 0.352. The van der Waals surface area contributed by atoms with Gasteiger partial charge >= 0.3 is 0 Å². The van der Waals surface area contributed by atoms with Gasteiger partial charge in [-0.25, -0.2) is 0 Å². The molecule has 0 amide bonds. The van der Waals surface area contributed by atoms with Crippen LogP contribution in [0.15, 0.2) is 59.1 Å². The van der Waals surface area contributed by atoms with Crippen molar-refractivity contribution in [1.82, 2.24) is 4.90 Å². The van der Waals surface area contributed by atoms with E-state index in [1.165, 1.54) is 24.0 Å². The zero-order chi connectivity index (χ0) is 19.3. The van der Waals surface area contributed by atoms with E-state index in [0.29, 0.717) is 12.0 Å². The molecule has 1 fully saturated rings. The van der Waals surface area contributed by atoms with Crippen LogP contribution in [0.4, 0.5) is 0 Å². The fourth-order valence-corrected chi connectivity index (χ4v) is 4.70. The van der Waals surface area contributed by atoms with Crippen molar-refractivity contribution in [1.29, 1.82) is 5.26 Å². The molecule has 2 aromatic carbocycles. The molecule has 0 heterocycles. The third kappa shape index (κ3) is 4.81. The summed E-state index contributed by atoms with van der Waals surface area (Å²) in [5.41, 5.74) is 2.18. The van der Waals surface area contributed by atoms with Crippen LogP contribution in [-0.2, 0) is 12.0 Å². The highest BCUT2D eigenvalue weighted by atomic mass is 79.9. The fourth-order valence-electron chi connectivity index (χ4n) is 4.06. The third-order valence-electron chi connectivity index (χ3n) is 5.80. The molecule has 1 saturated carbocycles. The molecule has 0 saturated heterocycles. The molecule has 0 spiro atoms. The molecule has 0 bridgehead atoms. The maximum absolute atomic E-state index is 10.2. The smallest absolute Gasteiger partial charge is 0.0861 e. The SMILES string of the molecule is CC(C)N(CCCC(C#N)(c1ccccc1Br)C1CC1)Cc1ccccc1. The van der Waals surface area contributed by atoms with Crippen molar-refractivity contribution in [2.24, 2.45) is 5.92 Å². The van der Waals surface area contributed by atoms with Crippen molar-refractivity contribution < 1.29 is 0 Å². The number of nitrogens with zero attached hydrogens (tertiary/aromatic N) is 2. The van der Waals surface area contributed by atoms with Gasteiger partial charge in [0.25, 0.3) is 0 Å². The van der Waals surface area contributed by atoms with Crippen LogP contribution in [0.25, 0.3) is 0 Å². The predicted molar refractivity (Wildman–Crippen MR) is 115 cm³/mol. The lowest BCUT2D eigenvalue weighted by Crippen LogP contribution is -2.34. The van der Waals surface area contributed by atoms with Gasteiger partial charge in [0.1, 0.15) is 0 Å². The molecule has 1 atom stereocenters. The molecular formula is C24H29BrN2. The average molecular weight is 425 g/mol. The second-order valence-corrected chi connectivity index (χ2v) is 8.84. The molecule has 0 aromatic heterocycles. The minimum atomic E-state index is -0.352.